The predicted octanol–water partition coefficient (Wildman–Crippen LogP) is 1.59. The molecule has 0 aliphatic carbocycles. The lowest BCUT2D eigenvalue weighted by Crippen LogP contribution is -2.44. The van der Waals surface area contributed by atoms with Gasteiger partial charge in [-0.1, -0.05) is 18.2 Å². The monoisotopic (exact) mass is 286 g/mol. The summed E-state index contributed by atoms with van der Waals surface area (Å²) in [7, 11) is 0. The van der Waals surface area contributed by atoms with Crippen molar-refractivity contribution in [3.63, 3.8) is 0 Å². The first kappa shape index (κ1) is 13.1. The molecule has 1 aromatic rings. The number of rotatable bonds is 1. The number of carbonyl (C=O) groups excluding carboxylic acids is 1. The summed E-state index contributed by atoms with van der Waals surface area (Å²) in [5.41, 5.74) is 1.16. The Morgan fingerprint density at radius 3 is 3.00 bits per heavy atom. The van der Waals surface area contributed by atoms with Crippen molar-refractivity contribution in [2.24, 2.45) is 5.92 Å². The van der Waals surface area contributed by atoms with E-state index in [1.54, 1.807) is 0 Å². The maximum atomic E-state index is 12.8. The minimum absolute atomic E-state index is 0.0171. The molecule has 2 fully saturated rings. The average Bonchev–Trinajstić information content (AvgIpc) is 2.85. The Balaban J connectivity index is 1.46. The van der Waals surface area contributed by atoms with Crippen LogP contribution in [0.2, 0.25) is 0 Å². The van der Waals surface area contributed by atoms with Gasteiger partial charge in [0.25, 0.3) is 0 Å². The average molecular weight is 286 g/mol. The van der Waals surface area contributed by atoms with Gasteiger partial charge < -0.3 is 15.0 Å². The van der Waals surface area contributed by atoms with Crippen molar-refractivity contribution in [3.05, 3.63) is 29.8 Å². The smallest absolute Gasteiger partial charge is 0.229 e. The third-order valence-corrected chi connectivity index (χ3v) is 5.06. The molecular formula is C17H22N2O2. The van der Waals surface area contributed by atoms with Crippen LogP contribution in [0.4, 0.5) is 0 Å². The van der Waals surface area contributed by atoms with Gasteiger partial charge in [-0.3, -0.25) is 4.79 Å². The highest BCUT2D eigenvalue weighted by Crippen LogP contribution is 2.29. The molecule has 0 saturated carbocycles. The summed E-state index contributed by atoms with van der Waals surface area (Å²) >= 11 is 0. The van der Waals surface area contributed by atoms with Gasteiger partial charge in [-0.25, -0.2) is 0 Å². The highest BCUT2D eigenvalue weighted by Gasteiger charge is 2.35. The summed E-state index contributed by atoms with van der Waals surface area (Å²) in [5.74, 6) is 1.20. The van der Waals surface area contributed by atoms with Gasteiger partial charge in [-0.05, 0) is 37.3 Å². The van der Waals surface area contributed by atoms with Crippen molar-refractivity contribution in [3.8, 4) is 5.75 Å². The standard InChI is InChI=1S/C17H22N2O2/c20-17(19-8-7-14-5-6-15(10-19)18-14)13-9-12-3-1-2-4-16(12)21-11-13/h1-4,13-15,18H,5-11H2. The number of carbonyl (C=O) groups is 1. The molecule has 4 heteroatoms. The fourth-order valence-corrected chi connectivity index (χ4v) is 3.89. The molecule has 3 heterocycles. The lowest BCUT2D eigenvalue weighted by atomic mass is 9.95. The lowest BCUT2D eigenvalue weighted by Gasteiger charge is -2.31. The number of hydrogen-bond acceptors (Lipinski definition) is 3. The van der Waals surface area contributed by atoms with Crippen LogP contribution in [0, 0.1) is 5.92 Å². The van der Waals surface area contributed by atoms with E-state index in [2.05, 4.69) is 16.3 Å². The van der Waals surface area contributed by atoms with E-state index in [1.165, 1.54) is 12.8 Å². The van der Waals surface area contributed by atoms with Crippen LogP contribution in [0.25, 0.3) is 0 Å². The SMILES string of the molecule is O=C(C1COc2ccccc2C1)N1CCC2CCC(C1)N2. The summed E-state index contributed by atoms with van der Waals surface area (Å²) in [6.07, 6.45) is 4.38. The van der Waals surface area contributed by atoms with Gasteiger partial charge in [0, 0.05) is 25.2 Å². The van der Waals surface area contributed by atoms with Crippen LogP contribution in [0.1, 0.15) is 24.8 Å². The second-order valence-electron chi connectivity index (χ2n) is 6.53. The number of nitrogens with zero attached hydrogens (tertiary/aromatic N) is 1. The van der Waals surface area contributed by atoms with Gasteiger partial charge in [0.15, 0.2) is 0 Å². The molecule has 4 nitrogen and oxygen atoms in total. The Kier molecular flexibility index (Phi) is 3.34. The molecule has 3 unspecified atom stereocenters. The van der Waals surface area contributed by atoms with E-state index >= 15 is 0 Å². The quantitative estimate of drug-likeness (QED) is 0.852. The molecule has 1 N–H and O–H groups in total. The third kappa shape index (κ3) is 2.53. The van der Waals surface area contributed by atoms with E-state index < -0.39 is 0 Å². The molecule has 21 heavy (non-hydrogen) atoms. The van der Waals surface area contributed by atoms with E-state index in [4.69, 9.17) is 4.74 Å². The van der Waals surface area contributed by atoms with E-state index in [9.17, 15) is 4.79 Å². The zero-order valence-corrected chi connectivity index (χ0v) is 12.3. The molecule has 0 aromatic heterocycles. The zero-order chi connectivity index (χ0) is 14.2. The normalized spacial score (nSPS) is 31.2. The molecule has 0 spiro atoms. The van der Waals surface area contributed by atoms with Crippen LogP contribution in [-0.4, -0.2) is 42.6 Å². The van der Waals surface area contributed by atoms with Crippen LogP contribution in [0.5, 0.6) is 5.75 Å². The summed E-state index contributed by atoms with van der Waals surface area (Å²) < 4.78 is 5.78. The van der Waals surface area contributed by atoms with Crippen molar-refractivity contribution in [2.75, 3.05) is 19.7 Å². The number of fused-ring (bicyclic) bond motifs is 3. The Morgan fingerprint density at radius 2 is 2.05 bits per heavy atom. The minimum Gasteiger partial charge on any atom is -0.492 e. The molecule has 0 radical (unpaired) electrons. The first-order valence-corrected chi connectivity index (χ1v) is 8.05. The van der Waals surface area contributed by atoms with Crippen molar-refractivity contribution in [2.45, 2.75) is 37.8 Å². The molecule has 1 aromatic carbocycles. The molecule has 3 atom stereocenters. The van der Waals surface area contributed by atoms with Gasteiger partial charge >= 0.3 is 0 Å². The Bertz CT molecular complexity index is 545. The number of hydrogen-bond donors (Lipinski definition) is 1. The van der Waals surface area contributed by atoms with Crippen molar-refractivity contribution >= 4 is 5.91 Å². The maximum absolute atomic E-state index is 12.8. The number of benzene rings is 1. The number of nitrogens with one attached hydrogen (secondary N) is 1. The summed E-state index contributed by atoms with van der Waals surface area (Å²) in [6.45, 7) is 2.28. The van der Waals surface area contributed by atoms with Gasteiger partial charge in [-0.2, -0.15) is 0 Å². The molecule has 2 saturated heterocycles. The summed E-state index contributed by atoms with van der Waals surface area (Å²) in [6, 6.07) is 9.18. The first-order chi connectivity index (χ1) is 10.3. The van der Waals surface area contributed by atoms with Gasteiger partial charge in [0.05, 0.1) is 5.92 Å². The topological polar surface area (TPSA) is 41.6 Å². The summed E-state index contributed by atoms with van der Waals surface area (Å²) in [4.78, 5) is 14.9. The van der Waals surface area contributed by atoms with Crippen LogP contribution in [-0.2, 0) is 11.2 Å². The number of ether oxygens (including phenoxy) is 1. The van der Waals surface area contributed by atoms with Gasteiger partial charge in [-0.15, -0.1) is 0 Å². The van der Waals surface area contributed by atoms with E-state index in [0.717, 1.165) is 37.2 Å². The van der Waals surface area contributed by atoms with E-state index in [0.29, 0.717) is 18.7 Å². The zero-order valence-electron chi connectivity index (χ0n) is 12.3. The Morgan fingerprint density at radius 1 is 1.19 bits per heavy atom. The molecule has 4 rings (SSSR count). The van der Waals surface area contributed by atoms with Crippen molar-refractivity contribution in [1.29, 1.82) is 0 Å². The molecule has 2 bridgehead atoms. The fraction of sp³-hybridized carbons (Fsp3) is 0.588. The lowest BCUT2D eigenvalue weighted by molar-refractivity contribution is -0.137. The molecule has 3 aliphatic rings. The molecule has 112 valence electrons. The largest absolute Gasteiger partial charge is 0.492 e. The maximum Gasteiger partial charge on any atom is 0.229 e. The summed E-state index contributed by atoms with van der Waals surface area (Å²) in [5, 5.41) is 3.63. The predicted molar refractivity (Wildman–Crippen MR) is 80.3 cm³/mol. The number of amides is 1. The number of likely N-dealkylation sites (tertiary alicyclic amines) is 1. The minimum atomic E-state index is -0.0171. The molecule has 1 amide bonds. The van der Waals surface area contributed by atoms with Gasteiger partial charge in [0.2, 0.25) is 5.91 Å². The van der Waals surface area contributed by atoms with Gasteiger partial charge in [0.1, 0.15) is 12.4 Å². The first-order valence-electron chi connectivity index (χ1n) is 8.05. The Labute approximate surface area is 125 Å². The Hall–Kier alpha value is -1.55. The molecular weight excluding hydrogens is 264 g/mol. The van der Waals surface area contributed by atoms with Crippen LogP contribution in [0.3, 0.4) is 0 Å². The number of para-hydroxylation sites is 1. The second-order valence-corrected chi connectivity index (χ2v) is 6.53. The van der Waals surface area contributed by atoms with Crippen LogP contribution in [0.15, 0.2) is 24.3 Å². The van der Waals surface area contributed by atoms with E-state index in [-0.39, 0.29) is 11.8 Å². The molecule has 3 aliphatic heterocycles. The second kappa shape index (κ2) is 5.34. The van der Waals surface area contributed by atoms with Crippen LogP contribution < -0.4 is 10.1 Å². The van der Waals surface area contributed by atoms with Crippen LogP contribution >= 0.6 is 0 Å². The fourth-order valence-electron chi connectivity index (χ4n) is 3.89. The highest BCUT2D eigenvalue weighted by atomic mass is 16.5. The third-order valence-electron chi connectivity index (χ3n) is 5.06. The highest BCUT2D eigenvalue weighted by molar-refractivity contribution is 5.80. The van der Waals surface area contributed by atoms with Crippen molar-refractivity contribution < 1.29 is 9.53 Å². The van der Waals surface area contributed by atoms with Crippen molar-refractivity contribution in [1.82, 2.24) is 10.2 Å². The van der Waals surface area contributed by atoms with E-state index in [1.807, 2.05) is 18.2 Å².